The quantitative estimate of drug-likeness (QED) is 0.912. The number of nitrogens with zero attached hydrogens (tertiary/aromatic N) is 3. The molecule has 1 aromatic carbocycles. The molecule has 1 fully saturated rings. The Labute approximate surface area is 154 Å². The average Bonchev–Trinajstić information content (AvgIpc) is 2.94. The van der Waals surface area contributed by atoms with E-state index in [0.717, 1.165) is 11.4 Å². The summed E-state index contributed by atoms with van der Waals surface area (Å²) in [6.07, 6.45) is 2.76. The van der Waals surface area contributed by atoms with E-state index in [1.54, 1.807) is 15.8 Å². The van der Waals surface area contributed by atoms with Crippen molar-refractivity contribution in [2.24, 2.45) is 7.05 Å². The molecule has 1 aliphatic heterocycles. The lowest BCUT2D eigenvalue weighted by Crippen LogP contribution is -2.49. The highest BCUT2D eigenvalue weighted by Gasteiger charge is 2.35. The molecule has 0 atom stereocenters. The summed E-state index contributed by atoms with van der Waals surface area (Å²) in [7, 11) is 1.81. The molecule has 0 spiro atoms. The van der Waals surface area contributed by atoms with Gasteiger partial charge < -0.3 is 14.7 Å². The molecule has 0 saturated carbocycles. The Hall–Kier alpha value is -2.34. The second-order valence-corrected chi connectivity index (χ2v) is 7.35. The van der Waals surface area contributed by atoms with Crippen LogP contribution in [0.2, 0.25) is 0 Å². The largest absolute Gasteiger partial charge is 0.491 e. The van der Waals surface area contributed by atoms with E-state index in [4.69, 9.17) is 4.74 Å². The van der Waals surface area contributed by atoms with Crippen molar-refractivity contribution in [3.63, 3.8) is 0 Å². The number of carbonyl (C=O) groups is 1. The molecule has 1 aromatic heterocycles. The maximum atomic E-state index is 12.7. The number of piperidine rings is 1. The standard InChI is InChI=1S/C20H27N3O3/c1-14-5-6-17(11-15(14)2)26-13-20(25)7-9-23(10-8-20)19(24)18-12-22(4)21-16(18)3/h5-6,11-12,25H,7-10,13H2,1-4H3. The van der Waals surface area contributed by atoms with Gasteiger partial charge in [0.25, 0.3) is 5.91 Å². The van der Waals surface area contributed by atoms with Crippen LogP contribution in [-0.2, 0) is 7.05 Å². The monoisotopic (exact) mass is 357 g/mol. The summed E-state index contributed by atoms with van der Waals surface area (Å²) in [5, 5.41) is 15.0. The van der Waals surface area contributed by atoms with E-state index >= 15 is 0 Å². The molecule has 2 aromatic rings. The molecule has 1 aliphatic rings. The number of hydrogen-bond acceptors (Lipinski definition) is 4. The van der Waals surface area contributed by atoms with Gasteiger partial charge in [-0.1, -0.05) is 6.07 Å². The second-order valence-electron chi connectivity index (χ2n) is 7.35. The van der Waals surface area contributed by atoms with Gasteiger partial charge in [-0.25, -0.2) is 0 Å². The molecular weight excluding hydrogens is 330 g/mol. The number of ether oxygens (including phenoxy) is 1. The van der Waals surface area contributed by atoms with E-state index in [1.807, 2.05) is 39.1 Å². The Kier molecular flexibility index (Phi) is 5.05. The number of benzene rings is 1. The van der Waals surface area contributed by atoms with E-state index in [-0.39, 0.29) is 12.5 Å². The molecule has 6 nitrogen and oxygen atoms in total. The number of carbonyl (C=O) groups excluding carboxylic acids is 1. The lowest BCUT2D eigenvalue weighted by molar-refractivity contribution is -0.0475. The number of aromatic nitrogens is 2. The van der Waals surface area contributed by atoms with Crippen molar-refractivity contribution in [1.29, 1.82) is 0 Å². The molecule has 3 rings (SSSR count). The molecule has 0 aliphatic carbocycles. The Morgan fingerprint density at radius 2 is 1.92 bits per heavy atom. The predicted octanol–water partition coefficient (Wildman–Crippen LogP) is 2.39. The van der Waals surface area contributed by atoms with Crippen LogP contribution in [-0.4, -0.2) is 51.0 Å². The highest BCUT2D eigenvalue weighted by Crippen LogP contribution is 2.26. The van der Waals surface area contributed by atoms with Crippen LogP contribution in [0.1, 0.15) is 40.0 Å². The van der Waals surface area contributed by atoms with E-state index in [2.05, 4.69) is 12.0 Å². The van der Waals surface area contributed by atoms with Gasteiger partial charge in [-0.2, -0.15) is 5.10 Å². The highest BCUT2D eigenvalue weighted by molar-refractivity contribution is 5.95. The number of amides is 1. The minimum Gasteiger partial charge on any atom is -0.491 e. The topological polar surface area (TPSA) is 67.6 Å². The van der Waals surface area contributed by atoms with E-state index in [9.17, 15) is 9.90 Å². The SMILES string of the molecule is Cc1ccc(OCC2(O)CCN(C(=O)c3cn(C)nc3C)CC2)cc1C. The first-order valence-corrected chi connectivity index (χ1v) is 8.99. The molecule has 0 bridgehead atoms. The first-order valence-electron chi connectivity index (χ1n) is 8.99. The fourth-order valence-electron chi connectivity index (χ4n) is 3.27. The Morgan fingerprint density at radius 1 is 1.23 bits per heavy atom. The Bertz CT molecular complexity index is 805. The van der Waals surface area contributed by atoms with Crippen molar-refractivity contribution in [2.75, 3.05) is 19.7 Å². The van der Waals surface area contributed by atoms with Gasteiger partial charge in [0.2, 0.25) is 0 Å². The van der Waals surface area contributed by atoms with Crippen molar-refractivity contribution >= 4 is 5.91 Å². The Morgan fingerprint density at radius 3 is 2.50 bits per heavy atom. The van der Waals surface area contributed by atoms with Crippen LogP contribution in [0.25, 0.3) is 0 Å². The van der Waals surface area contributed by atoms with Crippen molar-refractivity contribution in [1.82, 2.24) is 14.7 Å². The van der Waals surface area contributed by atoms with Crippen molar-refractivity contribution in [2.45, 2.75) is 39.2 Å². The predicted molar refractivity (Wildman–Crippen MR) is 99.4 cm³/mol. The molecule has 1 N–H and O–H groups in total. The minimum absolute atomic E-state index is 0.0206. The molecule has 1 saturated heterocycles. The number of aryl methyl sites for hydroxylation is 4. The van der Waals surface area contributed by atoms with Crippen molar-refractivity contribution in [3.8, 4) is 5.75 Å². The fraction of sp³-hybridized carbons (Fsp3) is 0.500. The summed E-state index contributed by atoms with van der Waals surface area (Å²) in [6.45, 7) is 7.21. The fourth-order valence-corrected chi connectivity index (χ4v) is 3.27. The van der Waals surface area contributed by atoms with Crippen LogP contribution >= 0.6 is 0 Å². The smallest absolute Gasteiger partial charge is 0.257 e. The molecule has 140 valence electrons. The van der Waals surface area contributed by atoms with E-state index in [0.29, 0.717) is 31.5 Å². The highest BCUT2D eigenvalue weighted by atomic mass is 16.5. The number of aliphatic hydroxyl groups is 1. The number of hydrogen-bond donors (Lipinski definition) is 1. The van der Waals surface area contributed by atoms with E-state index in [1.165, 1.54) is 11.1 Å². The lowest BCUT2D eigenvalue weighted by Gasteiger charge is -2.37. The Balaban J connectivity index is 1.57. The first-order chi connectivity index (χ1) is 12.3. The number of likely N-dealkylation sites (tertiary alicyclic amines) is 1. The van der Waals surface area contributed by atoms with Crippen molar-refractivity contribution in [3.05, 3.63) is 46.8 Å². The molecule has 0 unspecified atom stereocenters. The summed E-state index contributed by atoms with van der Waals surface area (Å²) < 4.78 is 7.47. The average molecular weight is 357 g/mol. The van der Waals surface area contributed by atoms with Crippen molar-refractivity contribution < 1.29 is 14.6 Å². The van der Waals surface area contributed by atoms with Gasteiger partial charge in [0, 0.05) is 26.3 Å². The van der Waals surface area contributed by atoms with Crippen LogP contribution in [0.5, 0.6) is 5.75 Å². The minimum atomic E-state index is -0.903. The second kappa shape index (κ2) is 7.11. The zero-order valence-electron chi connectivity index (χ0n) is 16.0. The summed E-state index contributed by atoms with van der Waals surface area (Å²) in [4.78, 5) is 14.4. The molecule has 2 heterocycles. The third-order valence-corrected chi connectivity index (χ3v) is 5.21. The maximum absolute atomic E-state index is 12.7. The van der Waals surface area contributed by atoms with E-state index < -0.39 is 5.60 Å². The van der Waals surface area contributed by atoms with Crippen LogP contribution in [0.15, 0.2) is 24.4 Å². The summed E-state index contributed by atoms with van der Waals surface area (Å²) in [5.41, 5.74) is 2.84. The summed E-state index contributed by atoms with van der Waals surface area (Å²) >= 11 is 0. The molecule has 1 amide bonds. The van der Waals surface area contributed by atoms with Crippen LogP contribution < -0.4 is 4.74 Å². The molecular formula is C20H27N3O3. The van der Waals surface area contributed by atoms with Gasteiger partial charge in [0.05, 0.1) is 11.3 Å². The zero-order valence-corrected chi connectivity index (χ0v) is 16.0. The van der Waals surface area contributed by atoms with Gasteiger partial charge in [0.1, 0.15) is 18.0 Å². The van der Waals surface area contributed by atoms with Gasteiger partial charge in [-0.15, -0.1) is 0 Å². The maximum Gasteiger partial charge on any atom is 0.257 e. The van der Waals surface area contributed by atoms with Crippen LogP contribution in [0, 0.1) is 20.8 Å². The third-order valence-electron chi connectivity index (χ3n) is 5.21. The molecule has 6 heteroatoms. The first kappa shape index (κ1) is 18.5. The number of rotatable bonds is 4. The zero-order chi connectivity index (χ0) is 18.9. The molecule has 26 heavy (non-hydrogen) atoms. The van der Waals surface area contributed by atoms with Crippen LogP contribution in [0.4, 0.5) is 0 Å². The normalized spacial score (nSPS) is 16.6. The van der Waals surface area contributed by atoms with Crippen LogP contribution in [0.3, 0.4) is 0 Å². The van der Waals surface area contributed by atoms with Gasteiger partial charge >= 0.3 is 0 Å². The lowest BCUT2D eigenvalue weighted by atomic mass is 9.92. The third kappa shape index (κ3) is 3.90. The van der Waals surface area contributed by atoms with Gasteiger partial charge in [0.15, 0.2) is 0 Å². The molecule has 0 radical (unpaired) electrons. The van der Waals surface area contributed by atoms with Gasteiger partial charge in [-0.05, 0) is 56.9 Å². The van der Waals surface area contributed by atoms with Gasteiger partial charge in [-0.3, -0.25) is 9.48 Å². The summed E-state index contributed by atoms with van der Waals surface area (Å²) in [6, 6.07) is 5.93. The summed E-state index contributed by atoms with van der Waals surface area (Å²) in [5.74, 6) is 0.749.